The van der Waals surface area contributed by atoms with E-state index < -0.39 is 0 Å². The fraction of sp³-hybridized carbons (Fsp3) is 0.667. The maximum atomic E-state index is 6.09. The summed E-state index contributed by atoms with van der Waals surface area (Å²) in [5, 5.41) is 0. The van der Waals surface area contributed by atoms with Crippen molar-refractivity contribution in [2.75, 3.05) is 6.61 Å². The first-order chi connectivity index (χ1) is 9.63. The van der Waals surface area contributed by atoms with Crippen LogP contribution >= 0.6 is 0 Å². The van der Waals surface area contributed by atoms with Crippen LogP contribution in [-0.2, 0) is 16.1 Å². The molecule has 2 nitrogen and oxygen atoms in total. The van der Waals surface area contributed by atoms with Crippen LogP contribution in [0.15, 0.2) is 30.3 Å². The van der Waals surface area contributed by atoms with Crippen molar-refractivity contribution >= 4 is 0 Å². The summed E-state index contributed by atoms with van der Waals surface area (Å²) in [6.45, 7) is 10.5. The lowest BCUT2D eigenvalue weighted by Crippen LogP contribution is -2.46. The number of ether oxygens (including phenoxy) is 2. The fourth-order valence-electron chi connectivity index (χ4n) is 3.04. The van der Waals surface area contributed by atoms with Crippen LogP contribution in [0.5, 0.6) is 0 Å². The lowest BCUT2D eigenvalue weighted by Gasteiger charge is -2.42. The lowest BCUT2D eigenvalue weighted by atomic mass is 9.79. The average Bonchev–Trinajstić information content (AvgIpc) is 2.49. The van der Waals surface area contributed by atoms with Crippen LogP contribution in [0.3, 0.4) is 0 Å². The maximum absolute atomic E-state index is 6.09. The van der Waals surface area contributed by atoms with Gasteiger partial charge in [0.05, 0.1) is 25.4 Å². The van der Waals surface area contributed by atoms with Gasteiger partial charge in [0.25, 0.3) is 0 Å². The minimum atomic E-state index is 0.213. The summed E-state index contributed by atoms with van der Waals surface area (Å²) in [6, 6.07) is 10.4. The Morgan fingerprint density at radius 2 is 1.90 bits per heavy atom. The van der Waals surface area contributed by atoms with Crippen LogP contribution in [0, 0.1) is 17.8 Å². The topological polar surface area (TPSA) is 18.5 Å². The Morgan fingerprint density at radius 1 is 1.20 bits per heavy atom. The van der Waals surface area contributed by atoms with Crippen molar-refractivity contribution in [2.24, 2.45) is 17.8 Å². The molecule has 1 aliphatic rings. The van der Waals surface area contributed by atoms with Gasteiger partial charge in [-0.05, 0) is 23.3 Å². The predicted molar refractivity (Wildman–Crippen MR) is 82.5 cm³/mol. The van der Waals surface area contributed by atoms with Crippen LogP contribution in [0.1, 0.15) is 39.7 Å². The molecule has 0 amide bonds. The Balaban J connectivity index is 1.89. The summed E-state index contributed by atoms with van der Waals surface area (Å²) in [6.07, 6.45) is 1.77. The monoisotopic (exact) mass is 276 g/mol. The highest BCUT2D eigenvalue weighted by molar-refractivity contribution is 5.13. The van der Waals surface area contributed by atoms with Crippen molar-refractivity contribution in [3.8, 4) is 0 Å². The first kappa shape index (κ1) is 15.5. The normalized spacial score (nSPS) is 32.0. The van der Waals surface area contributed by atoms with Crippen LogP contribution in [-0.4, -0.2) is 18.8 Å². The summed E-state index contributed by atoms with van der Waals surface area (Å²) in [4.78, 5) is 0. The zero-order chi connectivity index (χ0) is 14.5. The predicted octanol–water partition coefficient (Wildman–Crippen LogP) is 4.29. The molecular formula is C18H28O2. The van der Waals surface area contributed by atoms with Gasteiger partial charge in [-0.3, -0.25) is 0 Å². The number of hydrogen-bond acceptors (Lipinski definition) is 2. The van der Waals surface area contributed by atoms with Gasteiger partial charge in [-0.15, -0.1) is 0 Å². The van der Waals surface area contributed by atoms with E-state index in [1.54, 1.807) is 0 Å². The van der Waals surface area contributed by atoms with E-state index in [2.05, 4.69) is 52.0 Å². The van der Waals surface area contributed by atoms with Crippen molar-refractivity contribution in [3.63, 3.8) is 0 Å². The van der Waals surface area contributed by atoms with E-state index in [0.29, 0.717) is 30.5 Å². The second-order valence-corrected chi connectivity index (χ2v) is 6.24. The molecule has 112 valence electrons. The summed E-state index contributed by atoms with van der Waals surface area (Å²) in [5.41, 5.74) is 1.23. The third-order valence-electron chi connectivity index (χ3n) is 4.90. The van der Waals surface area contributed by atoms with Gasteiger partial charge in [0.1, 0.15) is 0 Å². The Hall–Kier alpha value is -0.860. The van der Waals surface area contributed by atoms with Gasteiger partial charge in [-0.2, -0.15) is 0 Å². The molecule has 0 spiro atoms. The molecule has 1 fully saturated rings. The van der Waals surface area contributed by atoms with Crippen molar-refractivity contribution < 1.29 is 9.47 Å². The maximum Gasteiger partial charge on any atom is 0.0842 e. The average molecular weight is 276 g/mol. The minimum Gasteiger partial charge on any atom is -0.375 e. The number of rotatable bonds is 5. The molecule has 0 aliphatic carbocycles. The summed E-state index contributed by atoms with van der Waals surface area (Å²) >= 11 is 0. The molecule has 2 rings (SSSR count). The molecule has 1 aromatic carbocycles. The Kier molecular flexibility index (Phi) is 5.62. The molecular weight excluding hydrogens is 248 g/mol. The zero-order valence-corrected chi connectivity index (χ0v) is 13.2. The van der Waals surface area contributed by atoms with Crippen molar-refractivity contribution in [1.29, 1.82) is 0 Å². The molecule has 1 saturated heterocycles. The van der Waals surface area contributed by atoms with Gasteiger partial charge >= 0.3 is 0 Å². The van der Waals surface area contributed by atoms with Gasteiger partial charge in [-0.25, -0.2) is 0 Å². The van der Waals surface area contributed by atoms with Crippen molar-refractivity contribution in [1.82, 2.24) is 0 Å². The summed E-state index contributed by atoms with van der Waals surface area (Å²) in [5.74, 6) is 1.73. The molecule has 0 bridgehead atoms. The molecule has 0 aromatic heterocycles. The van der Waals surface area contributed by atoms with E-state index in [1.807, 2.05) is 6.07 Å². The highest BCUT2D eigenvalue weighted by Crippen LogP contribution is 2.33. The second-order valence-electron chi connectivity index (χ2n) is 6.24. The standard InChI is InChI=1S/C18H28O2/c1-5-13(2)18-15(4)14(3)17(12-20-18)19-11-16-9-7-6-8-10-16/h6-10,13-15,17-18H,5,11-12H2,1-4H3/t13-,14+,15+,17?,18?/m1/s1. The van der Waals surface area contributed by atoms with Crippen molar-refractivity contribution in [3.05, 3.63) is 35.9 Å². The first-order valence-electron chi connectivity index (χ1n) is 7.90. The van der Waals surface area contributed by atoms with E-state index in [0.717, 1.165) is 6.61 Å². The lowest BCUT2D eigenvalue weighted by molar-refractivity contribution is -0.158. The fourth-order valence-corrected chi connectivity index (χ4v) is 3.04. The molecule has 1 aromatic rings. The third-order valence-corrected chi connectivity index (χ3v) is 4.90. The number of benzene rings is 1. The molecule has 0 saturated carbocycles. The second kappa shape index (κ2) is 7.24. The van der Waals surface area contributed by atoms with Crippen LogP contribution in [0.2, 0.25) is 0 Å². The van der Waals surface area contributed by atoms with Gasteiger partial charge in [-0.1, -0.05) is 64.4 Å². The van der Waals surface area contributed by atoms with Crippen LogP contribution in [0.25, 0.3) is 0 Å². The van der Waals surface area contributed by atoms with Gasteiger partial charge < -0.3 is 9.47 Å². The first-order valence-corrected chi connectivity index (χ1v) is 7.90. The van der Waals surface area contributed by atoms with Gasteiger partial charge in [0.15, 0.2) is 0 Å². The number of hydrogen-bond donors (Lipinski definition) is 0. The highest BCUT2D eigenvalue weighted by Gasteiger charge is 2.37. The quantitative estimate of drug-likeness (QED) is 0.798. The van der Waals surface area contributed by atoms with E-state index in [1.165, 1.54) is 12.0 Å². The van der Waals surface area contributed by atoms with E-state index in [-0.39, 0.29) is 6.10 Å². The molecule has 5 atom stereocenters. The largest absolute Gasteiger partial charge is 0.375 e. The van der Waals surface area contributed by atoms with Crippen molar-refractivity contribution in [2.45, 2.75) is 52.9 Å². The van der Waals surface area contributed by atoms with E-state index in [9.17, 15) is 0 Å². The molecule has 1 heterocycles. The highest BCUT2D eigenvalue weighted by atomic mass is 16.5. The molecule has 20 heavy (non-hydrogen) atoms. The van der Waals surface area contributed by atoms with Crippen LogP contribution < -0.4 is 0 Å². The van der Waals surface area contributed by atoms with E-state index in [4.69, 9.17) is 9.47 Å². The Labute approximate surface area is 123 Å². The summed E-state index contributed by atoms with van der Waals surface area (Å²) < 4.78 is 12.2. The third kappa shape index (κ3) is 3.62. The molecule has 0 radical (unpaired) electrons. The zero-order valence-electron chi connectivity index (χ0n) is 13.2. The van der Waals surface area contributed by atoms with Gasteiger partial charge in [0, 0.05) is 0 Å². The Bertz CT molecular complexity index is 390. The molecule has 0 N–H and O–H groups in total. The van der Waals surface area contributed by atoms with Crippen LogP contribution in [0.4, 0.5) is 0 Å². The Morgan fingerprint density at radius 3 is 2.55 bits per heavy atom. The minimum absolute atomic E-state index is 0.213. The van der Waals surface area contributed by atoms with Gasteiger partial charge in [0.2, 0.25) is 0 Å². The smallest absolute Gasteiger partial charge is 0.0842 e. The SMILES string of the molecule is CC[C@@H](C)C1OCC(OCc2ccccc2)[C@@H](C)[C@@H]1C. The summed E-state index contributed by atoms with van der Waals surface area (Å²) in [7, 11) is 0. The molecule has 1 aliphatic heterocycles. The molecule has 2 unspecified atom stereocenters. The molecule has 2 heteroatoms. The van der Waals surface area contributed by atoms with E-state index >= 15 is 0 Å².